The molecule has 5 saturated carbocycles. The molecule has 2 saturated heterocycles. The summed E-state index contributed by atoms with van der Waals surface area (Å²) in [5, 5.41) is 30.9. The molecule has 0 bridgehead atoms. The van der Waals surface area contributed by atoms with E-state index < -0.39 is 54.3 Å². The summed E-state index contributed by atoms with van der Waals surface area (Å²) in [5.41, 5.74) is 3.43. The number of aliphatic hydroxyl groups excluding tert-OH is 2. The van der Waals surface area contributed by atoms with Crippen molar-refractivity contribution in [1.29, 1.82) is 0 Å². The highest BCUT2D eigenvalue weighted by Crippen LogP contribution is 2.62. The molecule has 2 heterocycles. The summed E-state index contributed by atoms with van der Waals surface area (Å²) in [4.78, 5) is 26.5. The zero-order chi connectivity index (χ0) is 64.1. The number of hydrogen-bond acceptors (Lipinski definition) is 10. The Hall–Kier alpha value is -1.91. The predicted molar refractivity (Wildman–Crippen MR) is 368 cm³/mol. The van der Waals surface area contributed by atoms with Gasteiger partial charge in [0.1, 0.15) is 0 Å². The van der Waals surface area contributed by atoms with Crippen molar-refractivity contribution in [3.8, 4) is 12.3 Å². The molecule has 16 atom stereocenters. The second-order valence-corrected chi connectivity index (χ2v) is 47.1. The third kappa shape index (κ3) is 19.1. The van der Waals surface area contributed by atoms with Crippen LogP contribution < -0.4 is 0 Å². The van der Waals surface area contributed by atoms with Crippen LogP contribution in [0.5, 0.6) is 0 Å². The molecule has 0 aromatic carbocycles. The van der Waals surface area contributed by atoms with Gasteiger partial charge in [0.15, 0.2) is 36.2 Å². The molecule has 7 rings (SSSR count). The third-order valence-corrected chi connectivity index (χ3v) is 33.2. The van der Waals surface area contributed by atoms with Crippen molar-refractivity contribution in [1.82, 2.24) is 0 Å². The van der Waals surface area contributed by atoms with Crippen LogP contribution >= 0.6 is 15.9 Å². The normalized spacial score (nSPS) is 35.5. The van der Waals surface area contributed by atoms with E-state index in [1.165, 1.54) is 63.4 Å². The Morgan fingerprint density at radius 3 is 1.73 bits per heavy atom. The van der Waals surface area contributed by atoms with E-state index in [1.807, 2.05) is 13.0 Å². The molecular formula is C72H125BrO10Si3. The molecule has 492 valence electrons. The summed E-state index contributed by atoms with van der Waals surface area (Å²) in [6.45, 7) is 51.4. The lowest BCUT2D eigenvalue weighted by Crippen LogP contribution is -2.52. The summed E-state index contributed by atoms with van der Waals surface area (Å²) in [5.74, 6) is 6.62. The van der Waals surface area contributed by atoms with E-state index in [-0.39, 0.29) is 47.0 Å². The van der Waals surface area contributed by atoms with Crippen LogP contribution in [-0.2, 0) is 32.3 Å². The van der Waals surface area contributed by atoms with Gasteiger partial charge in [0.2, 0.25) is 0 Å². The molecule has 5 aliphatic carbocycles. The van der Waals surface area contributed by atoms with Gasteiger partial charge >= 0.3 is 11.9 Å². The summed E-state index contributed by atoms with van der Waals surface area (Å²) < 4.78 is 30.3. The first-order valence-electron chi connectivity index (χ1n) is 33.0. The zero-order valence-corrected chi connectivity index (χ0v) is 61.5. The summed E-state index contributed by atoms with van der Waals surface area (Å²) in [6.07, 6.45) is 29.1. The van der Waals surface area contributed by atoms with Gasteiger partial charge in [-0.15, -0.1) is 18.9 Å². The summed E-state index contributed by atoms with van der Waals surface area (Å²) in [6, 6.07) is 0. The van der Waals surface area contributed by atoms with Gasteiger partial charge in [-0.05, 0) is 240 Å². The Morgan fingerprint density at radius 2 is 1.26 bits per heavy atom. The number of ether oxygens (including phenoxy) is 2. The van der Waals surface area contributed by atoms with E-state index in [4.69, 9.17) is 29.2 Å². The van der Waals surface area contributed by atoms with E-state index in [9.17, 15) is 24.9 Å². The van der Waals surface area contributed by atoms with Gasteiger partial charge in [-0.3, -0.25) is 0 Å². The highest BCUT2D eigenvalue weighted by atomic mass is 79.9. The van der Waals surface area contributed by atoms with Gasteiger partial charge in [-0.1, -0.05) is 129 Å². The van der Waals surface area contributed by atoms with Crippen molar-refractivity contribution in [2.75, 3.05) is 13.2 Å². The molecule has 3 N–H and O–H groups in total. The van der Waals surface area contributed by atoms with E-state index >= 15 is 0 Å². The fraction of sp³-hybridized carbons (Fsp3) is 0.806. The minimum absolute atomic E-state index is 0. The number of terminal acetylenes is 1. The number of hydrogen-bond donors (Lipinski definition) is 3. The van der Waals surface area contributed by atoms with Crippen LogP contribution in [0.25, 0.3) is 0 Å². The highest BCUT2D eigenvalue weighted by molar-refractivity contribution is 9.11. The number of esters is 2. The number of carbonyl (C=O) groups excluding carboxylic acids is 2. The average molecular weight is 1310 g/mol. The van der Waals surface area contributed by atoms with Crippen LogP contribution in [0.2, 0.25) is 55.9 Å². The number of halogens is 1. The summed E-state index contributed by atoms with van der Waals surface area (Å²) >= 11 is 3.63. The quantitative estimate of drug-likeness (QED) is 0.0558. The maximum absolute atomic E-state index is 12.5. The molecule has 0 spiro atoms. The molecule has 0 amide bonds. The largest absolute Gasteiger partial charge is 0.463 e. The molecule has 7 aliphatic rings. The van der Waals surface area contributed by atoms with Crippen molar-refractivity contribution >= 4 is 52.8 Å². The maximum Gasteiger partial charge on any atom is 0.337 e. The molecule has 0 aromatic rings. The lowest BCUT2D eigenvalue weighted by Gasteiger charge is -2.45. The van der Waals surface area contributed by atoms with Gasteiger partial charge in [0.25, 0.3) is 0 Å². The Balaban J connectivity index is 0.000000279. The van der Waals surface area contributed by atoms with Gasteiger partial charge in [0.05, 0.1) is 37.6 Å². The average Bonchev–Trinajstić information content (AvgIpc) is 4.14. The van der Waals surface area contributed by atoms with Crippen molar-refractivity contribution in [3.05, 3.63) is 58.7 Å². The molecule has 10 nitrogen and oxygen atoms in total. The van der Waals surface area contributed by atoms with Crippen LogP contribution in [0, 0.1) is 70.5 Å². The number of allylic oxidation sites excluding steroid dienone is 4. The predicted octanol–water partition coefficient (Wildman–Crippen LogP) is 18.2. The summed E-state index contributed by atoms with van der Waals surface area (Å²) in [7, 11) is -5.51. The van der Waals surface area contributed by atoms with Crippen molar-refractivity contribution in [3.63, 3.8) is 0 Å². The first-order chi connectivity index (χ1) is 39.1. The maximum atomic E-state index is 12.5. The number of cyclic esters (lactones) is 2. The number of aliphatic hydroxyl groups is 3. The van der Waals surface area contributed by atoms with E-state index in [2.05, 4.69) is 167 Å². The van der Waals surface area contributed by atoms with E-state index in [0.717, 1.165) is 55.1 Å². The zero-order valence-electron chi connectivity index (χ0n) is 56.9. The van der Waals surface area contributed by atoms with Crippen LogP contribution in [0.15, 0.2) is 58.7 Å². The van der Waals surface area contributed by atoms with Crippen molar-refractivity contribution < 1.29 is 47.7 Å². The van der Waals surface area contributed by atoms with E-state index in [1.54, 1.807) is 12.5 Å². The molecule has 0 aromatic heterocycles. The second kappa shape index (κ2) is 30.2. The topological polar surface area (TPSA) is 141 Å². The minimum atomic E-state index is -1.85. The van der Waals surface area contributed by atoms with Crippen molar-refractivity contribution in [2.24, 2.45) is 58.2 Å². The lowest BCUT2D eigenvalue weighted by molar-refractivity contribution is -0.177. The molecule has 0 radical (unpaired) electrons. The fourth-order valence-corrected chi connectivity index (χ4v) is 21.0. The van der Waals surface area contributed by atoms with Crippen LogP contribution in [0.3, 0.4) is 0 Å². The van der Waals surface area contributed by atoms with Gasteiger partial charge in [0, 0.05) is 19.3 Å². The molecule has 2 unspecified atom stereocenters. The third-order valence-electron chi connectivity index (χ3n) is 22.6. The Kier molecular flexibility index (Phi) is 26.9. The highest BCUT2D eigenvalue weighted by Gasteiger charge is 2.54. The molecule has 7 fully saturated rings. The van der Waals surface area contributed by atoms with Gasteiger partial charge in [-0.25, -0.2) is 9.59 Å². The van der Waals surface area contributed by atoms with Crippen LogP contribution in [-0.4, -0.2) is 101 Å². The van der Waals surface area contributed by atoms with Gasteiger partial charge < -0.3 is 38.1 Å². The minimum Gasteiger partial charge on any atom is -0.463 e. The van der Waals surface area contributed by atoms with Crippen LogP contribution in [0.4, 0.5) is 0 Å². The number of fused-ring (bicyclic) bond motifs is 2. The smallest absolute Gasteiger partial charge is 0.337 e. The monoisotopic (exact) mass is 1310 g/mol. The Morgan fingerprint density at radius 1 is 0.767 bits per heavy atom. The Labute approximate surface area is 537 Å². The molecule has 14 heteroatoms. The van der Waals surface area contributed by atoms with Crippen molar-refractivity contribution in [2.45, 2.75) is 298 Å². The fourth-order valence-electron chi connectivity index (χ4n) is 16.3. The van der Waals surface area contributed by atoms with E-state index in [0.29, 0.717) is 73.9 Å². The first kappa shape index (κ1) is 76.5. The standard InChI is InChI=1S/C28H42O5.C23H39BrO3Si.C20H40O2Si2.CH4/c1-17(12-19-15-28(4,32)26(31)33-16-19)23-9-10-24-20(6-5-11-27(23,24)3)7-8-21-13-22(29)14-25(30)18(21)2;1-16(19-9-10-20-18(14-24)8-7-11-22(19,20)2)12-17-13-23(3,21(25)26-15-17)27-28(4,5)6;1-13-15-18(22-24(11,12)20(6,7)8)16-17(14-2)21-23(9,10)19(3,4)5;/h7-8,17,19,22-25,29-30,32H,2,5-6,9-16H2,1,3-4H3;14,16-17,19-20H,7-13,15H2,1-6H3;1,14,17-18H,2,15-16H2,3-12H3;1H4/b20-7+,21-8-;18-14+;;/t17-,19-,22-,23-,24?,25+,27-,28-;16-,17-,19-,20?,22-,23-;17-,18-;/m111./s1. The van der Waals surface area contributed by atoms with Gasteiger partial charge in [-0.2, -0.15) is 0 Å². The molecule has 2 aliphatic heterocycles. The second-order valence-electron chi connectivity index (χ2n) is 32.7. The number of rotatable bonds is 17. The Bertz CT molecular complexity index is 2440. The number of carbonyl (C=O) groups is 2. The first-order valence-corrected chi connectivity index (χ1v) is 43.1. The molecular weight excluding hydrogens is 1190 g/mol. The van der Waals surface area contributed by atoms with Crippen LogP contribution in [0.1, 0.15) is 206 Å². The SMILES string of the molecule is C.C#CC[C@H](C[C@@H](C=C)O[Si](C)(C)C(C)(C)C)O[Si](C)(C)C(C)(C)C.C=C1/C(=C\C=C2/CCC[C@@]3(C)C2CC[C@@H]3[C@H](C)C[C@H]2COC(=O)[C@](C)(O)C2)C[C@@H](O)C[C@@H]1O.C[C@H](C[C@H]1COC(=O)[C@](C)(O[Si](C)(C)C)C1)[C@H]1CCC2/C(=C/Br)CCC[C@@]21C. The molecule has 86 heavy (non-hydrogen) atoms. The lowest BCUT2D eigenvalue weighted by atomic mass is 9.60.